The first-order valence-corrected chi connectivity index (χ1v) is 9.36. The lowest BCUT2D eigenvalue weighted by Crippen LogP contribution is -2.34. The topological polar surface area (TPSA) is 87.3 Å². The summed E-state index contributed by atoms with van der Waals surface area (Å²) in [5.41, 5.74) is 3.31. The summed E-state index contributed by atoms with van der Waals surface area (Å²) in [5.74, 6) is 0. The van der Waals surface area contributed by atoms with Gasteiger partial charge in [0.2, 0.25) is 10.0 Å². The second-order valence-electron chi connectivity index (χ2n) is 5.49. The van der Waals surface area contributed by atoms with E-state index in [0.29, 0.717) is 17.8 Å². The van der Waals surface area contributed by atoms with Crippen LogP contribution < -0.4 is 15.4 Å². The number of aryl methyl sites for hydroxylation is 1. The second-order valence-corrected chi connectivity index (χ2v) is 7.24. The van der Waals surface area contributed by atoms with E-state index in [1.165, 1.54) is 0 Å². The van der Waals surface area contributed by atoms with Gasteiger partial charge in [-0.15, -0.1) is 0 Å². The van der Waals surface area contributed by atoms with Gasteiger partial charge in [0.25, 0.3) is 0 Å². The Balaban J connectivity index is 1.91. The van der Waals surface area contributed by atoms with Crippen molar-refractivity contribution in [1.29, 1.82) is 0 Å². The molecule has 0 aliphatic heterocycles. The number of carbonyl (C=O) groups excluding carboxylic acids is 1. The number of amides is 2. The van der Waals surface area contributed by atoms with E-state index in [4.69, 9.17) is 0 Å². The summed E-state index contributed by atoms with van der Waals surface area (Å²) in [6, 6.07) is 14.4. The summed E-state index contributed by atoms with van der Waals surface area (Å²) >= 11 is 0. The van der Waals surface area contributed by atoms with Crippen LogP contribution in [0.3, 0.4) is 0 Å². The molecule has 2 aromatic rings. The van der Waals surface area contributed by atoms with E-state index in [0.717, 1.165) is 17.4 Å². The maximum atomic E-state index is 11.9. The van der Waals surface area contributed by atoms with E-state index in [2.05, 4.69) is 15.4 Å². The third-order valence-corrected chi connectivity index (χ3v) is 4.04. The van der Waals surface area contributed by atoms with Gasteiger partial charge in [0.1, 0.15) is 0 Å². The van der Waals surface area contributed by atoms with Gasteiger partial charge < -0.3 is 10.6 Å². The summed E-state index contributed by atoms with van der Waals surface area (Å²) in [6.07, 6.45) is 1.09. The van der Waals surface area contributed by atoms with Gasteiger partial charge in [0.05, 0.1) is 11.9 Å². The Bertz CT molecular complexity index is 819. The van der Waals surface area contributed by atoms with E-state index < -0.39 is 10.0 Å². The van der Waals surface area contributed by atoms with E-state index >= 15 is 0 Å². The average molecular weight is 347 g/mol. The molecular formula is C17H21N3O3S. The fraction of sp³-hybridized carbons (Fsp3) is 0.235. The highest BCUT2D eigenvalue weighted by atomic mass is 32.2. The first-order valence-electron chi connectivity index (χ1n) is 7.47. The molecule has 0 fully saturated rings. The Labute approximate surface area is 142 Å². The van der Waals surface area contributed by atoms with Crippen molar-refractivity contribution in [1.82, 2.24) is 10.6 Å². The smallest absolute Gasteiger partial charge is 0.315 e. The highest BCUT2D eigenvalue weighted by Crippen LogP contribution is 2.15. The Morgan fingerprint density at radius 1 is 0.917 bits per heavy atom. The quantitative estimate of drug-likeness (QED) is 0.750. The monoisotopic (exact) mass is 347 g/mol. The summed E-state index contributed by atoms with van der Waals surface area (Å²) in [7, 11) is -3.37. The third kappa shape index (κ3) is 5.58. The number of urea groups is 1. The SMILES string of the molecule is Cc1ccccc1CNC(=O)NCc1ccccc1NS(C)(=O)=O. The molecule has 2 amide bonds. The van der Waals surface area contributed by atoms with Crippen LogP contribution in [0, 0.1) is 6.92 Å². The van der Waals surface area contributed by atoms with Crippen LogP contribution >= 0.6 is 0 Å². The first kappa shape index (κ1) is 17.8. The maximum absolute atomic E-state index is 11.9. The average Bonchev–Trinajstić information content (AvgIpc) is 2.52. The van der Waals surface area contributed by atoms with E-state index in [-0.39, 0.29) is 12.6 Å². The Hall–Kier alpha value is -2.54. The molecule has 128 valence electrons. The van der Waals surface area contributed by atoms with Crippen molar-refractivity contribution in [2.45, 2.75) is 20.0 Å². The van der Waals surface area contributed by atoms with Crippen LogP contribution in [0.15, 0.2) is 48.5 Å². The predicted octanol–water partition coefficient (Wildman–Crippen LogP) is 2.37. The molecule has 0 unspecified atom stereocenters. The summed E-state index contributed by atoms with van der Waals surface area (Å²) in [6.45, 7) is 2.64. The molecule has 2 rings (SSSR count). The molecule has 3 N–H and O–H groups in total. The molecule has 2 aromatic carbocycles. The molecule has 7 heteroatoms. The highest BCUT2D eigenvalue weighted by molar-refractivity contribution is 7.92. The maximum Gasteiger partial charge on any atom is 0.315 e. The molecular weight excluding hydrogens is 326 g/mol. The number of nitrogens with one attached hydrogen (secondary N) is 3. The molecule has 0 aromatic heterocycles. The highest BCUT2D eigenvalue weighted by Gasteiger charge is 2.08. The number of anilines is 1. The number of benzene rings is 2. The minimum absolute atomic E-state index is 0.221. The van der Waals surface area contributed by atoms with Crippen LogP contribution in [-0.2, 0) is 23.1 Å². The van der Waals surface area contributed by atoms with Gasteiger partial charge in [-0.2, -0.15) is 0 Å². The minimum Gasteiger partial charge on any atom is -0.334 e. The zero-order chi connectivity index (χ0) is 17.6. The molecule has 0 aliphatic rings. The molecule has 24 heavy (non-hydrogen) atoms. The predicted molar refractivity (Wildman–Crippen MR) is 95.2 cm³/mol. The standard InChI is InChI=1S/C17H21N3O3S/c1-13-7-3-4-8-14(13)11-18-17(21)19-12-15-9-5-6-10-16(15)20-24(2,22)23/h3-10,20H,11-12H2,1-2H3,(H2,18,19,21). The molecule has 0 aliphatic carbocycles. The molecule has 0 saturated heterocycles. The molecule has 0 radical (unpaired) electrons. The van der Waals surface area contributed by atoms with Crippen LogP contribution in [0.25, 0.3) is 0 Å². The Kier molecular flexibility index (Phi) is 5.81. The van der Waals surface area contributed by atoms with Crippen molar-refractivity contribution < 1.29 is 13.2 Å². The Morgan fingerprint density at radius 3 is 2.08 bits per heavy atom. The zero-order valence-corrected chi connectivity index (χ0v) is 14.5. The van der Waals surface area contributed by atoms with Gasteiger partial charge in [-0.3, -0.25) is 4.72 Å². The normalized spacial score (nSPS) is 10.9. The van der Waals surface area contributed by atoms with Gasteiger partial charge in [0, 0.05) is 13.1 Å². The zero-order valence-electron chi connectivity index (χ0n) is 13.7. The van der Waals surface area contributed by atoms with Gasteiger partial charge in [-0.1, -0.05) is 42.5 Å². The third-order valence-electron chi connectivity index (χ3n) is 3.45. The number of sulfonamides is 1. The van der Waals surface area contributed by atoms with E-state index in [1.54, 1.807) is 24.3 Å². The minimum atomic E-state index is -3.37. The van der Waals surface area contributed by atoms with Crippen LogP contribution in [0.2, 0.25) is 0 Å². The molecule has 0 saturated carbocycles. The lowest BCUT2D eigenvalue weighted by atomic mass is 10.1. The van der Waals surface area contributed by atoms with Crippen molar-refractivity contribution in [2.75, 3.05) is 11.0 Å². The van der Waals surface area contributed by atoms with Crippen molar-refractivity contribution in [2.24, 2.45) is 0 Å². The molecule has 0 heterocycles. The summed E-state index contributed by atoms with van der Waals surface area (Å²) in [5, 5.41) is 5.52. The fourth-order valence-corrected chi connectivity index (χ4v) is 2.79. The molecule has 0 bridgehead atoms. The van der Waals surface area contributed by atoms with Gasteiger partial charge in [0.15, 0.2) is 0 Å². The van der Waals surface area contributed by atoms with Crippen LogP contribution in [0.5, 0.6) is 0 Å². The number of carbonyl (C=O) groups is 1. The van der Waals surface area contributed by atoms with Crippen LogP contribution in [0.4, 0.5) is 10.5 Å². The lowest BCUT2D eigenvalue weighted by molar-refractivity contribution is 0.240. The Morgan fingerprint density at radius 2 is 1.46 bits per heavy atom. The lowest BCUT2D eigenvalue weighted by Gasteiger charge is -2.12. The van der Waals surface area contributed by atoms with E-state index in [1.807, 2.05) is 31.2 Å². The van der Waals surface area contributed by atoms with Gasteiger partial charge in [-0.25, -0.2) is 13.2 Å². The van der Waals surface area contributed by atoms with Crippen molar-refractivity contribution >= 4 is 21.7 Å². The van der Waals surface area contributed by atoms with Crippen LogP contribution in [0.1, 0.15) is 16.7 Å². The number of para-hydroxylation sites is 1. The van der Waals surface area contributed by atoms with Crippen molar-refractivity contribution in [3.63, 3.8) is 0 Å². The molecule has 6 nitrogen and oxygen atoms in total. The largest absolute Gasteiger partial charge is 0.334 e. The summed E-state index contributed by atoms with van der Waals surface area (Å²) < 4.78 is 25.2. The first-order chi connectivity index (χ1) is 11.3. The summed E-state index contributed by atoms with van der Waals surface area (Å²) in [4.78, 5) is 11.9. The molecule has 0 spiro atoms. The van der Waals surface area contributed by atoms with Crippen LogP contribution in [-0.4, -0.2) is 20.7 Å². The van der Waals surface area contributed by atoms with Gasteiger partial charge in [-0.05, 0) is 29.7 Å². The second kappa shape index (κ2) is 7.83. The molecule has 0 atom stereocenters. The van der Waals surface area contributed by atoms with Gasteiger partial charge >= 0.3 is 6.03 Å². The number of rotatable bonds is 6. The number of hydrogen-bond acceptors (Lipinski definition) is 3. The van der Waals surface area contributed by atoms with Crippen molar-refractivity contribution in [3.05, 3.63) is 65.2 Å². The number of hydrogen-bond donors (Lipinski definition) is 3. The fourth-order valence-electron chi connectivity index (χ4n) is 2.20. The van der Waals surface area contributed by atoms with Crippen molar-refractivity contribution in [3.8, 4) is 0 Å². The van der Waals surface area contributed by atoms with E-state index in [9.17, 15) is 13.2 Å².